The summed E-state index contributed by atoms with van der Waals surface area (Å²) in [5.41, 5.74) is 1.14. The molecule has 114 valence electrons. The van der Waals surface area contributed by atoms with E-state index in [0.29, 0.717) is 6.54 Å². The number of alkyl halides is 2. The second kappa shape index (κ2) is 8.17. The average molecular weight is 287 g/mol. The Bertz CT molecular complexity index is 380. The van der Waals surface area contributed by atoms with Crippen molar-refractivity contribution in [2.45, 2.75) is 39.8 Å². The number of benzene rings is 1. The van der Waals surface area contributed by atoms with Crippen LogP contribution < -0.4 is 10.1 Å². The van der Waals surface area contributed by atoms with Crippen LogP contribution in [-0.2, 0) is 6.54 Å². The summed E-state index contributed by atoms with van der Waals surface area (Å²) in [4.78, 5) is 0. The van der Waals surface area contributed by atoms with E-state index in [-0.39, 0.29) is 17.8 Å². The highest BCUT2D eigenvalue weighted by molar-refractivity contribution is 5.27. The van der Waals surface area contributed by atoms with Gasteiger partial charge in [-0.15, -0.1) is 0 Å². The van der Waals surface area contributed by atoms with Crippen molar-refractivity contribution in [3.05, 3.63) is 29.8 Å². The van der Waals surface area contributed by atoms with E-state index >= 15 is 0 Å². The fourth-order valence-electron chi connectivity index (χ4n) is 1.98. The van der Waals surface area contributed by atoms with Crippen LogP contribution in [0.4, 0.5) is 8.78 Å². The molecule has 0 amide bonds. The third-order valence-electron chi connectivity index (χ3n) is 3.09. The Morgan fingerprint density at radius 1 is 1.25 bits per heavy atom. The molecule has 0 aliphatic carbocycles. The van der Waals surface area contributed by atoms with Gasteiger partial charge in [-0.3, -0.25) is 0 Å². The predicted molar refractivity (Wildman–Crippen MR) is 74.9 cm³/mol. The molecule has 0 atom stereocenters. The van der Waals surface area contributed by atoms with Gasteiger partial charge in [0.1, 0.15) is 5.75 Å². The first kappa shape index (κ1) is 16.9. The molecule has 0 saturated carbocycles. The Labute approximate surface area is 119 Å². The van der Waals surface area contributed by atoms with E-state index in [1.54, 1.807) is 24.3 Å². The standard InChI is InChI=1S/C15H23F2NO2/c1-15(2,8-3-9-19)11-18-10-12-4-6-13(7-5-12)20-14(16)17/h4-7,14,18-19H,3,8-11H2,1-2H3. The molecule has 2 N–H and O–H groups in total. The number of hydrogen-bond acceptors (Lipinski definition) is 3. The van der Waals surface area contributed by atoms with Gasteiger partial charge in [0.05, 0.1) is 0 Å². The zero-order valence-electron chi connectivity index (χ0n) is 12.0. The highest BCUT2D eigenvalue weighted by Crippen LogP contribution is 2.21. The van der Waals surface area contributed by atoms with Crippen molar-refractivity contribution >= 4 is 0 Å². The number of aliphatic hydroxyl groups is 1. The molecule has 0 aromatic heterocycles. The summed E-state index contributed by atoms with van der Waals surface area (Å²) in [5.74, 6) is 0.173. The molecule has 0 radical (unpaired) electrons. The second-order valence-corrected chi connectivity index (χ2v) is 5.62. The van der Waals surface area contributed by atoms with Gasteiger partial charge in [0.2, 0.25) is 0 Å². The molecular weight excluding hydrogens is 264 g/mol. The Balaban J connectivity index is 2.35. The number of hydrogen-bond donors (Lipinski definition) is 2. The zero-order chi connectivity index (χ0) is 15.0. The quantitative estimate of drug-likeness (QED) is 0.733. The molecule has 0 spiro atoms. The number of ether oxygens (including phenoxy) is 1. The smallest absolute Gasteiger partial charge is 0.387 e. The maximum absolute atomic E-state index is 12.0. The number of nitrogens with one attached hydrogen (secondary N) is 1. The summed E-state index contributed by atoms with van der Waals surface area (Å²) in [6, 6.07) is 6.62. The first-order chi connectivity index (χ1) is 9.43. The van der Waals surface area contributed by atoms with Crippen LogP contribution in [0, 0.1) is 5.41 Å². The van der Waals surface area contributed by atoms with Gasteiger partial charge < -0.3 is 15.2 Å². The van der Waals surface area contributed by atoms with E-state index in [0.717, 1.165) is 24.9 Å². The van der Waals surface area contributed by atoms with Gasteiger partial charge >= 0.3 is 6.61 Å². The van der Waals surface area contributed by atoms with Crippen LogP contribution in [0.2, 0.25) is 0 Å². The lowest BCUT2D eigenvalue weighted by Crippen LogP contribution is -2.29. The molecule has 1 rings (SSSR count). The third-order valence-corrected chi connectivity index (χ3v) is 3.09. The van der Waals surface area contributed by atoms with E-state index in [2.05, 4.69) is 23.9 Å². The van der Waals surface area contributed by atoms with Gasteiger partial charge in [-0.2, -0.15) is 8.78 Å². The van der Waals surface area contributed by atoms with Crippen molar-refractivity contribution in [3.8, 4) is 5.75 Å². The molecule has 3 nitrogen and oxygen atoms in total. The van der Waals surface area contributed by atoms with Crippen LogP contribution in [0.5, 0.6) is 5.75 Å². The maximum Gasteiger partial charge on any atom is 0.387 e. The van der Waals surface area contributed by atoms with Gasteiger partial charge in [-0.25, -0.2) is 0 Å². The summed E-state index contributed by atoms with van der Waals surface area (Å²) in [6.07, 6.45) is 1.76. The summed E-state index contributed by atoms with van der Waals surface area (Å²) in [7, 11) is 0. The fourth-order valence-corrected chi connectivity index (χ4v) is 1.98. The summed E-state index contributed by atoms with van der Waals surface area (Å²) in [6.45, 7) is 3.24. The highest BCUT2D eigenvalue weighted by atomic mass is 19.3. The Hall–Kier alpha value is -1.20. The van der Waals surface area contributed by atoms with Crippen LogP contribution in [-0.4, -0.2) is 24.9 Å². The van der Waals surface area contributed by atoms with Gasteiger partial charge in [0, 0.05) is 19.7 Å². The third kappa shape index (κ3) is 6.82. The van der Waals surface area contributed by atoms with E-state index in [9.17, 15) is 8.78 Å². The first-order valence-electron chi connectivity index (χ1n) is 6.78. The zero-order valence-corrected chi connectivity index (χ0v) is 12.0. The Morgan fingerprint density at radius 2 is 1.90 bits per heavy atom. The lowest BCUT2D eigenvalue weighted by atomic mass is 9.88. The fraction of sp³-hybridized carbons (Fsp3) is 0.600. The minimum absolute atomic E-state index is 0.126. The van der Waals surface area contributed by atoms with Crippen molar-refractivity contribution in [2.75, 3.05) is 13.2 Å². The van der Waals surface area contributed by atoms with Crippen molar-refractivity contribution in [1.82, 2.24) is 5.32 Å². The van der Waals surface area contributed by atoms with Crippen molar-refractivity contribution in [3.63, 3.8) is 0 Å². The molecule has 20 heavy (non-hydrogen) atoms. The molecule has 0 aliphatic rings. The Kier molecular flexibility index (Phi) is 6.88. The number of rotatable bonds is 9. The van der Waals surface area contributed by atoms with Crippen molar-refractivity contribution < 1.29 is 18.6 Å². The number of halogens is 2. The lowest BCUT2D eigenvalue weighted by Gasteiger charge is -2.24. The minimum atomic E-state index is -2.79. The van der Waals surface area contributed by atoms with Gasteiger partial charge in [0.25, 0.3) is 0 Å². The van der Waals surface area contributed by atoms with Crippen LogP contribution in [0.1, 0.15) is 32.3 Å². The first-order valence-corrected chi connectivity index (χ1v) is 6.78. The van der Waals surface area contributed by atoms with E-state index in [1.807, 2.05) is 0 Å². The molecule has 0 saturated heterocycles. The normalized spacial score (nSPS) is 11.9. The molecule has 5 heteroatoms. The topological polar surface area (TPSA) is 41.5 Å². The van der Waals surface area contributed by atoms with E-state index < -0.39 is 6.61 Å². The molecular formula is C15H23F2NO2. The SMILES string of the molecule is CC(C)(CCCO)CNCc1ccc(OC(F)F)cc1. The van der Waals surface area contributed by atoms with Gasteiger partial charge in [-0.05, 0) is 36.0 Å². The summed E-state index contributed by atoms with van der Waals surface area (Å²) < 4.78 is 28.3. The van der Waals surface area contributed by atoms with Crippen LogP contribution in [0.25, 0.3) is 0 Å². The van der Waals surface area contributed by atoms with E-state index in [4.69, 9.17) is 5.11 Å². The second-order valence-electron chi connectivity index (χ2n) is 5.62. The van der Waals surface area contributed by atoms with Crippen molar-refractivity contribution in [2.24, 2.45) is 5.41 Å². The Morgan fingerprint density at radius 3 is 2.45 bits per heavy atom. The molecule has 0 unspecified atom stereocenters. The summed E-state index contributed by atoms with van der Waals surface area (Å²) in [5, 5.41) is 12.2. The molecule has 0 fully saturated rings. The average Bonchev–Trinajstić information content (AvgIpc) is 2.38. The number of aliphatic hydroxyl groups excluding tert-OH is 1. The van der Waals surface area contributed by atoms with Crippen LogP contribution in [0.15, 0.2) is 24.3 Å². The van der Waals surface area contributed by atoms with Crippen molar-refractivity contribution in [1.29, 1.82) is 0 Å². The summed E-state index contributed by atoms with van der Waals surface area (Å²) >= 11 is 0. The van der Waals surface area contributed by atoms with Gasteiger partial charge in [-0.1, -0.05) is 26.0 Å². The van der Waals surface area contributed by atoms with Gasteiger partial charge in [0.15, 0.2) is 0 Å². The molecule has 0 heterocycles. The maximum atomic E-state index is 12.0. The predicted octanol–water partition coefficient (Wildman–Crippen LogP) is 3.18. The molecule has 1 aromatic rings. The lowest BCUT2D eigenvalue weighted by molar-refractivity contribution is -0.0498. The molecule has 1 aromatic carbocycles. The van der Waals surface area contributed by atoms with Crippen LogP contribution >= 0.6 is 0 Å². The van der Waals surface area contributed by atoms with Crippen LogP contribution in [0.3, 0.4) is 0 Å². The minimum Gasteiger partial charge on any atom is -0.435 e. The highest BCUT2D eigenvalue weighted by Gasteiger charge is 2.16. The molecule has 0 aliphatic heterocycles. The molecule has 0 bridgehead atoms. The monoisotopic (exact) mass is 287 g/mol. The largest absolute Gasteiger partial charge is 0.435 e. The van der Waals surface area contributed by atoms with E-state index in [1.165, 1.54) is 0 Å².